The molecule has 0 unspecified atom stereocenters. The van der Waals surface area contributed by atoms with Crippen molar-refractivity contribution < 1.29 is 28.7 Å². The highest BCUT2D eigenvalue weighted by atomic mass is 16.7. The largest absolute Gasteiger partial charge is 0.465 e. The van der Waals surface area contributed by atoms with Crippen LogP contribution in [0.15, 0.2) is 24.3 Å². The van der Waals surface area contributed by atoms with Gasteiger partial charge in [0, 0.05) is 6.54 Å². The fourth-order valence-electron chi connectivity index (χ4n) is 3.50. The molecule has 4 rings (SSSR count). The molecule has 0 aliphatic carbocycles. The zero-order chi connectivity index (χ0) is 16.8. The molecule has 0 aromatic heterocycles. The van der Waals surface area contributed by atoms with Gasteiger partial charge in [-0.1, -0.05) is 12.1 Å². The lowest BCUT2D eigenvalue weighted by Gasteiger charge is -2.30. The number of anilines is 1. The number of carbonyl (C=O) groups is 3. The van der Waals surface area contributed by atoms with Crippen LogP contribution in [-0.2, 0) is 23.9 Å². The van der Waals surface area contributed by atoms with Crippen LogP contribution in [0.3, 0.4) is 0 Å². The van der Waals surface area contributed by atoms with Crippen molar-refractivity contribution in [2.45, 2.75) is 12.1 Å². The predicted molar refractivity (Wildman–Crippen MR) is 80.0 cm³/mol. The van der Waals surface area contributed by atoms with Gasteiger partial charge in [0.25, 0.3) is 5.91 Å². The molecule has 0 radical (unpaired) electrons. The molecule has 3 aliphatic rings. The molecule has 8 nitrogen and oxygen atoms in total. The van der Waals surface area contributed by atoms with Crippen molar-refractivity contribution in [2.24, 2.45) is 5.92 Å². The number of esters is 1. The monoisotopic (exact) mass is 332 g/mol. The summed E-state index contributed by atoms with van der Waals surface area (Å²) in [5.41, 5.74) is 0.388. The van der Waals surface area contributed by atoms with Gasteiger partial charge in [0.2, 0.25) is 5.91 Å². The summed E-state index contributed by atoms with van der Waals surface area (Å²) in [4.78, 5) is 44.3. The van der Waals surface area contributed by atoms with E-state index in [-0.39, 0.29) is 23.2 Å². The number of hydroxylamine groups is 2. The van der Waals surface area contributed by atoms with E-state index in [0.717, 1.165) is 4.90 Å². The van der Waals surface area contributed by atoms with E-state index in [1.807, 2.05) is 0 Å². The van der Waals surface area contributed by atoms with Gasteiger partial charge in [-0.3, -0.25) is 14.4 Å². The summed E-state index contributed by atoms with van der Waals surface area (Å²) in [5.74, 6) is -2.06. The third-order valence-electron chi connectivity index (χ3n) is 4.62. The van der Waals surface area contributed by atoms with Crippen LogP contribution in [0.25, 0.3) is 0 Å². The van der Waals surface area contributed by atoms with Crippen molar-refractivity contribution in [1.82, 2.24) is 5.06 Å². The van der Waals surface area contributed by atoms with E-state index in [1.54, 1.807) is 23.3 Å². The maximum absolute atomic E-state index is 12.9. The van der Waals surface area contributed by atoms with E-state index >= 15 is 0 Å². The van der Waals surface area contributed by atoms with Crippen molar-refractivity contribution in [2.75, 3.05) is 31.8 Å². The molecule has 8 heteroatoms. The molecule has 1 aromatic carbocycles. The van der Waals surface area contributed by atoms with Crippen LogP contribution in [0, 0.1) is 5.92 Å². The van der Waals surface area contributed by atoms with Gasteiger partial charge in [-0.2, -0.15) is 5.06 Å². The predicted octanol–water partition coefficient (Wildman–Crippen LogP) is -0.0228. The lowest BCUT2D eigenvalue weighted by atomic mass is 9.97. The first-order valence-electron chi connectivity index (χ1n) is 7.70. The SMILES string of the molecule is COC(=O)c1ccccc1N1C(=O)[C@@H]2[C@H](ON3CCOC[C@@H]23)C1=O. The molecule has 3 fully saturated rings. The number of imide groups is 1. The minimum atomic E-state index is -0.866. The zero-order valence-corrected chi connectivity index (χ0v) is 13.0. The Hall–Kier alpha value is -2.29. The Morgan fingerprint density at radius 1 is 1.25 bits per heavy atom. The minimum Gasteiger partial charge on any atom is -0.465 e. The summed E-state index contributed by atoms with van der Waals surface area (Å²) in [7, 11) is 1.25. The average Bonchev–Trinajstić information content (AvgIpc) is 3.11. The number of hydrogen-bond acceptors (Lipinski definition) is 7. The van der Waals surface area contributed by atoms with Crippen molar-refractivity contribution in [3.05, 3.63) is 29.8 Å². The second-order valence-corrected chi connectivity index (χ2v) is 5.86. The van der Waals surface area contributed by atoms with Gasteiger partial charge in [-0.25, -0.2) is 9.69 Å². The Morgan fingerprint density at radius 3 is 2.83 bits per heavy atom. The van der Waals surface area contributed by atoms with E-state index in [0.29, 0.717) is 19.8 Å². The zero-order valence-electron chi connectivity index (χ0n) is 13.0. The number of ether oxygens (including phenoxy) is 2. The molecule has 0 spiro atoms. The third kappa shape index (κ3) is 2.07. The second kappa shape index (κ2) is 5.66. The quantitative estimate of drug-likeness (QED) is 0.556. The lowest BCUT2D eigenvalue weighted by molar-refractivity contribution is -0.197. The molecule has 0 saturated carbocycles. The van der Waals surface area contributed by atoms with Crippen LogP contribution in [0.5, 0.6) is 0 Å². The summed E-state index contributed by atoms with van der Waals surface area (Å²) in [5, 5.41) is 1.66. The normalized spacial score (nSPS) is 29.5. The number of benzene rings is 1. The summed E-state index contributed by atoms with van der Waals surface area (Å²) < 4.78 is 10.2. The van der Waals surface area contributed by atoms with E-state index in [9.17, 15) is 14.4 Å². The van der Waals surface area contributed by atoms with Crippen LogP contribution in [0.4, 0.5) is 5.69 Å². The summed E-state index contributed by atoms with van der Waals surface area (Å²) in [6.07, 6.45) is -0.866. The topological polar surface area (TPSA) is 85.4 Å². The third-order valence-corrected chi connectivity index (χ3v) is 4.62. The number of fused-ring (bicyclic) bond motifs is 3. The molecule has 3 heterocycles. The van der Waals surface area contributed by atoms with Crippen molar-refractivity contribution in [1.29, 1.82) is 0 Å². The number of amides is 2. The van der Waals surface area contributed by atoms with Crippen LogP contribution >= 0.6 is 0 Å². The maximum atomic E-state index is 12.9. The van der Waals surface area contributed by atoms with Gasteiger partial charge in [-0.15, -0.1) is 0 Å². The second-order valence-electron chi connectivity index (χ2n) is 5.86. The van der Waals surface area contributed by atoms with Gasteiger partial charge in [0.05, 0.1) is 43.5 Å². The molecule has 2 amide bonds. The smallest absolute Gasteiger partial charge is 0.339 e. The average molecular weight is 332 g/mol. The number of carbonyl (C=O) groups excluding carboxylic acids is 3. The standard InChI is InChI=1S/C16H16N2O6/c1-22-16(21)9-4-2-3-5-10(9)18-14(19)12-11-8-23-7-6-17(11)24-13(12)15(18)20/h2-5,11-13H,6-8H2,1H3/t11-,12-,13-/m0/s1. The molecular formula is C16H16N2O6. The fraction of sp³-hybridized carbons (Fsp3) is 0.438. The van der Waals surface area contributed by atoms with E-state index in [4.69, 9.17) is 14.3 Å². The first-order chi connectivity index (χ1) is 11.6. The maximum Gasteiger partial charge on any atom is 0.339 e. The first-order valence-corrected chi connectivity index (χ1v) is 7.70. The number of hydrogen-bond donors (Lipinski definition) is 0. The van der Waals surface area contributed by atoms with Gasteiger partial charge in [0.1, 0.15) is 0 Å². The van der Waals surface area contributed by atoms with Crippen molar-refractivity contribution >= 4 is 23.5 Å². The van der Waals surface area contributed by atoms with E-state index in [1.165, 1.54) is 13.2 Å². The Morgan fingerprint density at radius 2 is 2.04 bits per heavy atom. The highest BCUT2D eigenvalue weighted by Crippen LogP contribution is 2.39. The molecule has 3 aliphatic heterocycles. The molecule has 126 valence electrons. The molecule has 1 aromatic rings. The van der Waals surface area contributed by atoms with Gasteiger partial charge < -0.3 is 9.47 Å². The highest BCUT2D eigenvalue weighted by Gasteiger charge is 2.60. The lowest BCUT2D eigenvalue weighted by Crippen LogP contribution is -2.47. The summed E-state index contributed by atoms with van der Waals surface area (Å²) in [6.45, 7) is 1.37. The van der Waals surface area contributed by atoms with E-state index < -0.39 is 23.9 Å². The highest BCUT2D eigenvalue weighted by molar-refractivity contribution is 6.25. The number of morpholine rings is 1. The van der Waals surface area contributed by atoms with Crippen molar-refractivity contribution in [3.63, 3.8) is 0 Å². The summed E-state index contributed by atoms with van der Waals surface area (Å²) in [6, 6.07) is 6.10. The van der Waals surface area contributed by atoms with E-state index in [2.05, 4.69) is 0 Å². The Kier molecular flexibility index (Phi) is 3.60. The van der Waals surface area contributed by atoms with Crippen LogP contribution < -0.4 is 4.90 Å². The Balaban J connectivity index is 1.71. The van der Waals surface area contributed by atoms with Crippen LogP contribution in [0.1, 0.15) is 10.4 Å². The molecule has 0 bridgehead atoms. The number of nitrogens with zero attached hydrogens (tertiary/aromatic N) is 2. The molecule has 3 atom stereocenters. The first kappa shape index (κ1) is 15.3. The fourth-order valence-corrected chi connectivity index (χ4v) is 3.50. The van der Waals surface area contributed by atoms with Crippen molar-refractivity contribution in [3.8, 4) is 0 Å². The van der Waals surface area contributed by atoms with Gasteiger partial charge in [-0.05, 0) is 12.1 Å². The molecule has 24 heavy (non-hydrogen) atoms. The number of methoxy groups -OCH3 is 1. The molecule has 3 saturated heterocycles. The Labute approximate surface area is 137 Å². The molecular weight excluding hydrogens is 316 g/mol. The van der Waals surface area contributed by atoms with Gasteiger partial charge >= 0.3 is 5.97 Å². The summed E-state index contributed by atoms with van der Waals surface area (Å²) >= 11 is 0. The Bertz CT molecular complexity index is 720. The van der Waals surface area contributed by atoms with Crippen LogP contribution in [-0.4, -0.2) is 61.9 Å². The van der Waals surface area contributed by atoms with Crippen LogP contribution in [0.2, 0.25) is 0 Å². The minimum absolute atomic E-state index is 0.165. The number of para-hydroxylation sites is 1. The number of rotatable bonds is 2. The van der Waals surface area contributed by atoms with Gasteiger partial charge in [0.15, 0.2) is 6.10 Å². The molecule has 0 N–H and O–H groups in total.